The number of carbonyl (C=O) groups excluding carboxylic acids is 1. The molecule has 1 amide bonds. The molecule has 196 valence electrons. The van der Waals surface area contributed by atoms with Gasteiger partial charge in [-0.1, -0.05) is 0 Å². The first-order chi connectivity index (χ1) is 18.9. The molecule has 2 aromatic heterocycles. The summed E-state index contributed by atoms with van der Waals surface area (Å²) in [5, 5.41) is 3.03. The van der Waals surface area contributed by atoms with Crippen LogP contribution in [0.2, 0.25) is 0 Å². The molecule has 0 spiro atoms. The van der Waals surface area contributed by atoms with Crippen molar-refractivity contribution < 1.29 is 27.8 Å². The molecule has 5 rings (SSSR count). The summed E-state index contributed by atoms with van der Waals surface area (Å²) in [5.74, 6) is -0.912. The Hall–Kier alpha value is -5.32. The highest BCUT2D eigenvalue weighted by molar-refractivity contribution is 6.02. The molecule has 3 aromatic carbocycles. The minimum atomic E-state index is -0.842. The van der Waals surface area contributed by atoms with E-state index in [0.29, 0.717) is 33.8 Å². The Kier molecular flexibility index (Phi) is 6.87. The Bertz CT molecular complexity index is 1760. The lowest BCUT2D eigenvalue weighted by Gasteiger charge is -2.13. The quantitative estimate of drug-likeness (QED) is 0.311. The van der Waals surface area contributed by atoms with Crippen LogP contribution < -0.4 is 25.1 Å². The Labute approximate surface area is 220 Å². The minimum Gasteiger partial charge on any atom is -0.493 e. The second-order valence-electron chi connectivity index (χ2n) is 8.16. The van der Waals surface area contributed by atoms with Gasteiger partial charge in [0, 0.05) is 47.5 Å². The second-order valence-corrected chi connectivity index (χ2v) is 8.16. The molecule has 0 atom stereocenters. The standard InChI is InChI=1S/C28H20F2N4O5/c1-37-24-14-19-21(15-25(24)38-2)31-10-9-22(19)39-23-8-5-17(13-20(23)30)33-27(35)26-28(36)34(12-11-32-26)18-6-3-16(29)4-7-18/h3-15H,1-2H3,(H,33,35). The first-order valence-electron chi connectivity index (χ1n) is 11.5. The van der Waals surface area contributed by atoms with Gasteiger partial charge in [0.05, 0.1) is 19.7 Å². The average molecular weight is 530 g/mol. The van der Waals surface area contributed by atoms with Crippen LogP contribution in [0.4, 0.5) is 14.5 Å². The van der Waals surface area contributed by atoms with Gasteiger partial charge in [-0.05, 0) is 48.5 Å². The monoisotopic (exact) mass is 530 g/mol. The fourth-order valence-electron chi connectivity index (χ4n) is 3.88. The summed E-state index contributed by atoms with van der Waals surface area (Å²) in [6.45, 7) is 0. The van der Waals surface area contributed by atoms with E-state index < -0.39 is 28.8 Å². The van der Waals surface area contributed by atoms with Crippen LogP contribution in [-0.4, -0.2) is 34.7 Å². The van der Waals surface area contributed by atoms with Crippen LogP contribution in [0, 0.1) is 11.6 Å². The van der Waals surface area contributed by atoms with Crippen molar-refractivity contribution in [2.75, 3.05) is 19.5 Å². The zero-order chi connectivity index (χ0) is 27.5. The third kappa shape index (κ3) is 5.10. The van der Waals surface area contributed by atoms with Gasteiger partial charge in [-0.15, -0.1) is 0 Å². The molecule has 5 aromatic rings. The number of carbonyl (C=O) groups is 1. The molecule has 0 bridgehead atoms. The van der Waals surface area contributed by atoms with Gasteiger partial charge in [0.15, 0.2) is 28.8 Å². The van der Waals surface area contributed by atoms with Gasteiger partial charge in [0.2, 0.25) is 0 Å². The molecule has 0 unspecified atom stereocenters. The van der Waals surface area contributed by atoms with E-state index in [1.165, 1.54) is 69.2 Å². The molecule has 0 saturated carbocycles. The Morgan fingerprint density at radius 1 is 0.846 bits per heavy atom. The zero-order valence-electron chi connectivity index (χ0n) is 20.6. The average Bonchev–Trinajstić information content (AvgIpc) is 2.94. The van der Waals surface area contributed by atoms with Crippen LogP contribution >= 0.6 is 0 Å². The molecule has 0 fully saturated rings. The zero-order valence-corrected chi connectivity index (χ0v) is 20.6. The van der Waals surface area contributed by atoms with E-state index in [0.717, 1.165) is 10.6 Å². The molecule has 2 heterocycles. The summed E-state index contributed by atoms with van der Waals surface area (Å²) in [6, 6.07) is 13.9. The summed E-state index contributed by atoms with van der Waals surface area (Å²) in [7, 11) is 3.01. The molecule has 11 heteroatoms. The summed E-state index contributed by atoms with van der Waals surface area (Å²) >= 11 is 0. The van der Waals surface area contributed by atoms with Gasteiger partial charge >= 0.3 is 0 Å². The lowest BCUT2D eigenvalue weighted by molar-refractivity contribution is 0.102. The number of anilines is 1. The van der Waals surface area contributed by atoms with E-state index in [9.17, 15) is 14.0 Å². The number of halogens is 2. The van der Waals surface area contributed by atoms with Crippen molar-refractivity contribution >= 4 is 22.5 Å². The fraction of sp³-hybridized carbons (Fsp3) is 0.0714. The first-order valence-corrected chi connectivity index (χ1v) is 11.5. The number of rotatable bonds is 7. The number of methoxy groups -OCH3 is 2. The lowest BCUT2D eigenvalue weighted by atomic mass is 10.2. The van der Waals surface area contributed by atoms with Crippen molar-refractivity contribution in [1.29, 1.82) is 0 Å². The first kappa shape index (κ1) is 25.3. The predicted octanol–water partition coefficient (Wildman–Crippen LogP) is 5.12. The van der Waals surface area contributed by atoms with Gasteiger partial charge in [-0.3, -0.25) is 19.1 Å². The van der Waals surface area contributed by atoms with Gasteiger partial charge in [-0.25, -0.2) is 13.8 Å². The summed E-state index contributed by atoms with van der Waals surface area (Å²) in [6.07, 6.45) is 4.13. The van der Waals surface area contributed by atoms with Crippen molar-refractivity contribution in [3.05, 3.63) is 107 Å². The highest BCUT2D eigenvalue weighted by Crippen LogP contribution is 2.37. The Morgan fingerprint density at radius 2 is 1.59 bits per heavy atom. The van der Waals surface area contributed by atoms with E-state index in [2.05, 4.69) is 15.3 Å². The van der Waals surface area contributed by atoms with E-state index in [-0.39, 0.29) is 11.4 Å². The number of aromatic nitrogens is 3. The van der Waals surface area contributed by atoms with Crippen LogP contribution in [0.3, 0.4) is 0 Å². The third-order valence-corrected chi connectivity index (χ3v) is 5.78. The van der Waals surface area contributed by atoms with Gasteiger partial charge in [0.25, 0.3) is 11.5 Å². The van der Waals surface area contributed by atoms with Crippen molar-refractivity contribution in [1.82, 2.24) is 14.5 Å². The smallest absolute Gasteiger partial charge is 0.286 e. The number of nitrogens with zero attached hydrogens (tertiary/aromatic N) is 3. The largest absolute Gasteiger partial charge is 0.493 e. The lowest BCUT2D eigenvalue weighted by Crippen LogP contribution is -2.29. The number of hydrogen-bond donors (Lipinski definition) is 1. The highest BCUT2D eigenvalue weighted by atomic mass is 19.1. The minimum absolute atomic E-state index is 0.0780. The van der Waals surface area contributed by atoms with Crippen LogP contribution in [0.15, 0.2) is 84.0 Å². The van der Waals surface area contributed by atoms with E-state index in [1.54, 1.807) is 18.2 Å². The number of fused-ring (bicyclic) bond motifs is 1. The molecule has 0 aliphatic rings. The molecule has 0 aliphatic heterocycles. The highest BCUT2D eigenvalue weighted by Gasteiger charge is 2.17. The molecule has 39 heavy (non-hydrogen) atoms. The van der Waals surface area contributed by atoms with E-state index in [1.807, 2.05) is 0 Å². The number of ether oxygens (including phenoxy) is 3. The van der Waals surface area contributed by atoms with Crippen molar-refractivity contribution in [3.8, 4) is 28.7 Å². The fourth-order valence-corrected chi connectivity index (χ4v) is 3.88. The van der Waals surface area contributed by atoms with Gasteiger partial charge < -0.3 is 19.5 Å². The Balaban J connectivity index is 1.38. The molecular formula is C28H20F2N4O5. The molecule has 9 nitrogen and oxygen atoms in total. The number of benzene rings is 3. The van der Waals surface area contributed by atoms with Crippen LogP contribution in [-0.2, 0) is 0 Å². The molecule has 0 radical (unpaired) electrons. The topological polar surface area (TPSA) is 105 Å². The number of amides is 1. The number of nitrogens with one attached hydrogen (secondary N) is 1. The second kappa shape index (κ2) is 10.6. The molecule has 1 N–H and O–H groups in total. The SMILES string of the molecule is COc1cc2nccc(Oc3ccc(NC(=O)c4nccn(-c5ccc(F)cc5)c4=O)cc3F)c2cc1OC. The Morgan fingerprint density at radius 3 is 2.31 bits per heavy atom. The number of pyridine rings is 1. The van der Waals surface area contributed by atoms with E-state index >= 15 is 4.39 Å². The summed E-state index contributed by atoms with van der Waals surface area (Å²) in [5.41, 5.74) is -0.163. The van der Waals surface area contributed by atoms with Crippen LogP contribution in [0.1, 0.15) is 10.5 Å². The summed E-state index contributed by atoms with van der Waals surface area (Å²) in [4.78, 5) is 33.8. The van der Waals surface area contributed by atoms with Crippen LogP contribution in [0.25, 0.3) is 16.6 Å². The maximum absolute atomic E-state index is 15.0. The van der Waals surface area contributed by atoms with E-state index in [4.69, 9.17) is 14.2 Å². The predicted molar refractivity (Wildman–Crippen MR) is 139 cm³/mol. The molecule has 0 saturated heterocycles. The number of hydrogen-bond acceptors (Lipinski definition) is 7. The van der Waals surface area contributed by atoms with Crippen molar-refractivity contribution in [2.45, 2.75) is 0 Å². The summed E-state index contributed by atoms with van der Waals surface area (Å²) < 4.78 is 45.9. The third-order valence-electron chi connectivity index (χ3n) is 5.78. The molecule has 0 aliphatic carbocycles. The van der Waals surface area contributed by atoms with Crippen LogP contribution in [0.5, 0.6) is 23.0 Å². The van der Waals surface area contributed by atoms with Gasteiger partial charge in [-0.2, -0.15) is 0 Å². The van der Waals surface area contributed by atoms with Gasteiger partial charge in [0.1, 0.15) is 11.6 Å². The normalized spacial score (nSPS) is 10.8. The van der Waals surface area contributed by atoms with Crippen molar-refractivity contribution in [2.24, 2.45) is 0 Å². The maximum atomic E-state index is 15.0. The maximum Gasteiger partial charge on any atom is 0.286 e. The van der Waals surface area contributed by atoms with Crippen molar-refractivity contribution in [3.63, 3.8) is 0 Å². The molecular weight excluding hydrogens is 510 g/mol.